The Hall–Kier alpha value is -1.37. The first kappa shape index (κ1) is 18.4. The van der Waals surface area contributed by atoms with Crippen LogP contribution in [-0.2, 0) is 4.79 Å². The molecule has 1 fully saturated rings. The number of aromatic nitrogens is 1. The topological polar surface area (TPSA) is 49.7 Å². The van der Waals surface area contributed by atoms with Gasteiger partial charge >= 0.3 is 0 Å². The largest absolute Gasteiger partial charge is 0.350 e. The number of piperazine rings is 1. The molecule has 0 spiro atoms. The number of amides is 1. The summed E-state index contributed by atoms with van der Waals surface area (Å²) in [6.07, 6.45) is 1.54. The molecular formula is C18H26ClN4OS+. The number of anilines is 1. The summed E-state index contributed by atoms with van der Waals surface area (Å²) in [6, 6.07) is 4.02. The summed E-state index contributed by atoms with van der Waals surface area (Å²) < 4.78 is 1.20. The molecule has 7 heteroatoms. The molecule has 1 aliphatic heterocycles. The van der Waals surface area contributed by atoms with Gasteiger partial charge < -0.3 is 15.1 Å². The van der Waals surface area contributed by atoms with Crippen LogP contribution >= 0.6 is 22.9 Å². The van der Waals surface area contributed by atoms with Crippen molar-refractivity contribution in [1.82, 2.24) is 10.3 Å². The van der Waals surface area contributed by atoms with E-state index in [0.29, 0.717) is 6.42 Å². The molecule has 0 bridgehead atoms. The van der Waals surface area contributed by atoms with Crippen molar-refractivity contribution in [3.05, 3.63) is 22.7 Å². The lowest BCUT2D eigenvalue weighted by atomic mass is 10.2. The van der Waals surface area contributed by atoms with E-state index in [1.54, 1.807) is 16.2 Å². The van der Waals surface area contributed by atoms with Crippen molar-refractivity contribution >= 4 is 44.2 Å². The molecule has 0 radical (unpaired) electrons. The maximum atomic E-state index is 11.5. The molecule has 1 aromatic heterocycles. The van der Waals surface area contributed by atoms with Crippen molar-refractivity contribution < 1.29 is 9.69 Å². The van der Waals surface area contributed by atoms with Gasteiger partial charge in [0.2, 0.25) is 5.91 Å². The Balaban J connectivity index is 1.52. The molecule has 2 heterocycles. The molecule has 1 saturated heterocycles. The predicted octanol–water partition coefficient (Wildman–Crippen LogP) is 1.88. The fourth-order valence-corrected chi connectivity index (χ4v) is 4.41. The van der Waals surface area contributed by atoms with Crippen LogP contribution in [0.2, 0.25) is 5.02 Å². The second kappa shape index (κ2) is 8.34. The van der Waals surface area contributed by atoms with Crippen molar-refractivity contribution in [3.8, 4) is 0 Å². The van der Waals surface area contributed by atoms with Crippen LogP contribution < -0.4 is 15.1 Å². The Morgan fingerprint density at radius 3 is 2.88 bits per heavy atom. The van der Waals surface area contributed by atoms with Crippen LogP contribution in [0.3, 0.4) is 0 Å². The zero-order valence-electron chi connectivity index (χ0n) is 14.9. The van der Waals surface area contributed by atoms with E-state index in [4.69, 9.17) is 16.6 Å². The number of carbonyl (C=O) groups is 1. The number of hydrogen-bond acceptors (Lipinski definition) is 4. The minimum atomic E-state index is 0.170. The van der Waals surface area contributed by atoms with Gasteiger partial charge in [-0.2, -0.15) is 0 Å². The molecule has 5 nitrogen and oxygen atoms in total. The molecule has 0 atom stereocenters. The SMILES string of the molecule is CCCC(=O)NCC[NH+]1CCN(c2nc3c(C)c(Cl)ccc3s2)CC1. The van der Waals surface area contributed by atoms with Gasteiger partial charge in [0, 0.05) is 11.4 Å². The Labute approximate surface area is 158 Å². The number of fused-ring (bicyclic) bond motifs is 1. The highest BCUT2D eigenvalue weighted by Crippen LogP contribution is 2.33. The van der Waals surface area contributed by atoms with Crippen molar-refractivity contribution in [2.24, 2.45) is 0 Å². The van der Waals surface area contributed by atoms with Crippen LogP contribution in [-0.4, -0.2) is 50.2 Å². The number of benzene rings is 1. The molecule has 1 amide bonds. The number of nitrogens with one attached hydrogen (secondary N) is 2. The Morgan fingerprint density at radius 1 is 1.40 bits per heavy atom. The number of halogens is 1. The molecule has 25 heavy (non-hydrogen) atoms. The summed E-state index contributed by atoms with van der Waals surface area (Å²) >= 11 is 7.96. The van der Waals surface area contributed by atoms with Crippen LogP contribution in [0.1, 0.15) is 25.3 Å². The highest BCUT2D eigenvalue weighted by Gasteiger charge is 2.22. The highest BCUT2D eigenvalue weighted by molar-refractivity contribution is 7.22. The quantitative estimate of drug-likeness (QED) is 0.803. The Kier molecular flexibility index (Phi) is 6.15. The van der Waals surface area contributed by atoms with Crippen molar-refractivity contribution in [2.75, 3.05) is 44.2 Å². The first-order valence-corrected chi connectivity index (χ1v) is 10.2. The molecule has 136 valence electrons. The molecule has 3 rings (SSSR count). The summed E-state index contributed by atoms with van der Waals surface area (Å²) in [5.74, 6) is 0.170. The van der Waals surface area contributed by atoms with E-state index in [2.05, 4.69) is 16.3 Å². The highest BCUT2D eigenvalue weighted by atomic mass is 35.5. The zero-order chi connectivity index (χ0) is 17.8. The normalized spacial score (nSPS) is 15.7. The zero-order valence-corrected chi connectivity index (χ0v) is 16.5. The van der Waals surface area contributed by atoms with Gasteiger partial charge in [-0.3, -0.25) is 4.79 Å². The lowest BCUT2D eigenvalue weighted by molar-refractivity contribution is -0.899. The van der Waals surface area contributed by atoms with Crippen LogP contribution in [0, 0.1) is 6.92 Å². The van der Waals surface area contributed by atoms with Crippen molar-refractivity contribution in [3.63, 3.8) is 0 Å². The van der Waals surface area contributed by atoms with Crippen LogP contribution in [0.5, 0.6) is 0 Å². The van der Waals surface area contributed by atoms with E-state index >= 15 is 0 Å². The average molecular weight is 382 g/mol. The van der Waals surface area contributed by atoms with E-state index in [1.807, 2.05) is 19.9 Å². The van der Waals surface area contributed by atoms with Crippen LogP contribution in [0.15, 0.2) is 12.1 Å². The van der Waals surface area contributed by atoms with Crippen LogP contribution in [0.25, 0.3) is 10.2 Å². The number of nitrogens with zero attached hydrogens (tertiary/aromatic N) is 2. The van der Waals surface area contributed by atoms with Crippen LogP contribution in [0.4, 0.5) is 5.13 Å². The van der Waals surface area contributed by atoms with Gasteiger partial charge in [-0.1, -0.05) is 29.9 Å². The van der Waals surface area contributed by atoms with Crippen molar-refractivity contribution in [2.45, 2.75) is 26.7 Å². The van der Waals surface area contributed by atoms with E-state index < -0.39 is 0 Å². The number of rotatable bonds is 6. The number of aryl methyl sites for hydroxylation is 1. The van der Waals surface area contributed by atoms with Gasteiger partial charge in [-0.05, 0) is 31.0 Å². The number of hydrogen-bond donors (Lipinski definition) is 2. The standard InChI is InChI=1S/C18H25ClN4OS/c1-3-4-16(24)20-7-8-22-9-11-23(12-10-22)18-21-17-13(2)14(19)5-6-15(17)25-18/h5-6H,3-4,7-12H2,1-2H3,(H,20,24)/p+1. The summed E-state index contributed by atoms with van der Waals surface area (Å²) in [7, 11) is 0. The molecule has 0 unspecified atom stereocenters. The summed E-state index contributed by atoms with van der Waals surface area (Å²) in [4.78, 5) is 20.3. The van der Waals surface area contributed by atoms with Gasteiger partial charge in [0.05, 0.1) is 49.5 Å². The first-order valence-electron chi connectivity index (χ1n) is 8.99. The fourth-order valence-electron chi connectivity index (χ4n) is 3.18. The van der Waals surface area contributed by atoms with Gasteiger partial charge in [0.15, 0.2) is 5.13 Å². The second-order valence-electron chi connectivity index (χ2n) is 6.60. The smallest absolute Gasteiger partial charge is 0.220 e. The van der Waals surface area contributed by atoms with E-state index in [9.17, 15) is 4.79 Å². The number of thiazole rings is 1. The first-order chi connectivity index (χ1) is 12.1. The summed E-state index contributed by atoms with van der Waals surface area (Å²) in [6.45, 7) is 10.0. The Morgan fingerprint density at radius 2 is 2.16 bits per heavy atom. The molecule has 1 aliphatic rings. The minimum absolute atomic E-state index is 0.170. The predicted molar refractivity (Wildman–Crippen MR) is 105 cm³/mol. The lowest BCUT2D eigenvalue weighted by Gasteiger charge is -2.32. The van der Waals surface area contributed by atoms with Gasteiger partial charge in [0.25, 0.3) is 0 Å². The molecule has 2 aromatic rings. The maximum Gasteiger partial charge on any atom is 0.220 e. The van der Waals surface area contributed by atoms with Gasteiger partial charge in [0.1, 0.15) is 0 Å². The third-order valence-electron chi connectivity index (χ3n) is 4.76. The van der Waals surface area contributed by atoms with Crippen molar-refractivity contribution in [1.29, 1.82) is 0 Å². The minimum Gasteiger partial charge on any atom is -0.350 e. The molecule has 0 aliphatic carbocycles. The molecule has 1 aromatic carbocycles. The lowest BCUT2D eigenvalue weighted by Crippen LogP contribution is -3.15. The summed E-state index contributed by atoms with van der Waals surface area (Å²) in [5, 5.41) is 4.88. The third-order valence-corrected chi connectivity index (χ3v) is 6.25. The summed E-state index contributed by atoms with van der Waals surface area (Å²) in [5.41, 5.74) is 2.09. The van der Waals surface area contributed by atoms with Gasteiger partial charge in [-0.15, -0.1) is 0 Å². The van der Waals surface area contributed by atoms with E-state index in [-0.39, 0.29) is 5.91 Å². The third kappa shape index (κ3) is 4.43. The molecular weight excluding hydrogens is 356 g/mol. The van der Waals surface area contributed by atoms with E-state index in [1.165, 1.54) is 4.70 Å². The second-order valence-corrected chi connectivity index (χ2v) is 8.02. The Bertz CT molecular complexity index is 740. The monoisotopic (exact) mass is 381 g/mol. The maximum absolute atomic E-state index is 11.5. The average Bonchev–Trinajstić information content (AvgIpc) is 3.04. The van der Waals surface area contributed by atoms with E-state index in [0.717, 1.165) is 66.9 Å². The molecule has 2 N–H and O–H groups in total. The van der Waals surface area contributed by atoms with Gasteiger partial charge in [-0.25, -0.2) is 4.98 Å². The molecule has 0 saturated carbocycles. The number of quaternary nitrogens is 1. The number of carbonyl (C=O) groups excluding carboxylic acids is 1. The fraction of sp³-hybridized carbons (Fsp3) is 0.556.